The van der Waals surface area contributed by atoms with Gasteiger partial charge in [0.15, 0.2) is 0 Å². The molecule has 0 radical (unpaired) electrons. The first kappa shape index (κ1) is 74.9. The summed E-state index contributed by atoms with van der Waals surface area (Å²) in [5, 5.41) is 7.02. The molecule has 0 amide bonds. The molecule has 498 valence electrons. The van der Waals surface area contributed by atoms with Gasteiger partial charge < -0.3 is 23.1 Å². The van der Waals surface area contributed by atoms with Gasteiger partial charge in [0.1, 0.15) is 47.9 Å². The number of hydrazine groups is 5. The Kier molecular flexibility index (Phi) is 26.2. The van der Waals surface area contributed by atoms with Crippen LogP contribution in [0, 0.1) is 0 Å². The third-order valence-corrected chi connectivity index (χ3v) is 28.9. The van der Waals surface area contributed by atoms with Crippen molar-refractivity contribution in [3.63, 3.8) is 0 Å². The molecule has 0 unspecified atom stereocenters. The van der Waals surface area contributed by atoms with Crippen LogP contribution in [0.25, 0.3) is 0 Å². The van der Waals surface area contributed by atoms with Crippen LogP contribution in [0.5, 0.6) is 23.0 Å². The summed E-state index contributed by atoms with van der Waals surface area (Å²) in [6, 6.07) is 81.1. The van der Waals surface area contributed by atoms with Gasteiger partial charge in [0.2, 0.25) is 5.85 Å². The van der Waals surface area contributed by atoms with E-state index in [4.69, 9.17) is 108 Å². The number of para-hydroxylation sites is 4. The van der Waals surface area contributed by atoms with E-state index in [0.29, 0.717) is 50.2 Å². The molecule has 0 atom stereocenters. The third-order valence-electron chi connectivity index (χ3n) is 13.4. The topological polar surface area (TPSA) is 177 Å². The number of halogens is 2. The molecule has 0 aromatic heterocycles. The lowest BCUT2D eigenvalue weighted by Crippen LogP contribution is -2.59. The van der Waals surface area contributed by atoms with Gasteiger partial charge in [-0.1, -0.05) is 286 Å². The van der Waals surface area contributed by atoms with Gasteiger partial charge in [-0.2, -0.15) is 0 Å². The highest BCUT2D eigenvalue weighted by Crippen LogP contribution is 2.87. The van der Waals surface area contributed by atoms with Crippen molar-refractivity contribution in [2.24, 2.45) is 5.84 Å². The molecule has 11 rings (SSSR count). The van der Waals surface area contributed by atoms with Crippen molar-refractivity contribution in [2.45, 2.75) is 0 Å². The van der Waals surface area contributed by atoms with E-state index in [-0.39, 0.29) is 20.0 Å². The standard InChI is InChI=1S/2C28H26N4O4P2S2.C8H10N2S.CH3Cl2OP/c2*1-29(27(39)23-15-7-3-8-16-23)31-37(33,35-25-19-11-5-12-20-25)32(30(2)28(40)24-17-9-4-10-18-24)38(31,34)36-26-21-13-6-14-22-26;1-10(9)8(11)7-5-3-2-4-6-7;1-5(2,3)4/h2*3-22H,1-2H3;2-6H,9H2,1H3;1H3. The molecule has 2 N–H and O–H groups in total. The van der Waals surface area contributed by atoms with Crippen LogP contribution in [0.2, 0.25) is 0 Å². The third kappa shape index (κ3) is 18.1. The predicted octanol–water partition coefficient (Wildman–Crippen LogP) is 18.3. The Morgan fingerprint density at radius 1 is 0.323 bits per heavy atom. The summed E-state index contributed by atoms with van der Waals surface area (Å²) in [4.78, 5) is 1.78. The SMILES string of the molecule is CN(C(=S)c1ccccc1)N1P(=O)(Oc2ccccc2)N(N(C)C(=S)c2ccccc2)P1(=O)Oc1ccccc1.CN(C(=S)c1ccccc1)N1P(=O)(Oc2ccccc2)N(N(C)C(=S)c2ccccc2)P1(=O)Oc1ccccc1.CN(N)C(=S)c1ccccc1.CP(=O)(Cl)Cl. The van der Waals surface area contributed by atoms with E-state index in [1.165, 1.54) is 31.7 Å². The number of nitrogens with two attached hydrogens (primary N) is 1. The summed E-state index contributed by atoms with van der Waals surface area (Å²) >= 11 is 37.8. The van der Waals surface area contributed by atoms with E-state index >= 15 is 18.3 Å². The largest absolute Gasteiger partial charge is 0.451 e. The normalized spacial score (nSPS) is 18.9. The monoisotopic (exact) mass is 1510 g/mol. The van der Waals surface area contributed by atoms with Crippen molar-refractivity contribution in [3.05, 3.63) is 301 Å². The van der Waals surface area contributed by atoms with Gasteiger partial charge in [-0.25, -0.2) is 24.1 Å². The van der Waals surface area contributed by atoms with Gasteiger partial charge >= 0.3 is 30.7 Å². The van der Waals surface area contributed by atoms with Gasteiger partial charge in [0.05, 0.1) is 0 Å². The second kappa shape index (κ2) is 33.6. The van der Waals surface area contributed by atoms with E-state index in [1.807, 2.05) is 176 Å². The summed E-state index contributed by atoms with van der Waals surface area (Å²) in [5.41, 5.74) is 3.66. The first-order chi connectivity index (χ1) is 45.7. The lowest BCUT2D eigenvalue weighted by Gasteiger charge is -2.56. The lowest BCUT2D eigenvalue weighted by molar-refractivity contribution is 0.104. The number of thiocarbonyl (C=S) groups is 5. The minimum atomic E-state index is -4.20. The summed E-state index contributed by atoms with van der Waals surface area (Å²) in [6.45, 7) is 1.27. The minimum Gasteiger partial charge on any atom is -0.419 e. The maximum atomic E-state index is 15.0. The molecule has 0 spiro atoms. The minimum absolute atomic E-state index is 0.280. The fraction of sp³-hybridized carbons (Fsp3) is 0.0923. The molecule has 2 heterocycles. The maximum absolute atomic E-state index is 15.0. The first-order valence-electron chi connectivity index (χ1n) is 28.7. The summed E-state index contributed by atoms with van der Waals surface area (Å²) in [5.74, 6) is 4.01. The zero-order valence-electron chi connectivity index (χ0n) is 52.3. The Morgan fingerprint density at radius 3 is 0.604 bits per heavy atom. The van der Waals surface area contributed by atoms with Crippen LogP contribution >= 0.6 is 120 Å². The van der Waals surface area contributed by atoms with Crippen molar-refractivity contribution in [2.75, 3.05) is 41.9 Å². The molecule has 31 heteroatoms. The quantitative estimate of drug-likeness (QED) is 0.0394. The van der Waals surface area contributed by atoms with Crippen molar-refractivity contribution in [1.82, 2.24) is 43.2 Å². The summed E-state index contributed by atoms with van der Waals surface area (Å²) in [6.07, 6.45) is 0. The van der Waals surface area contributed by atoms with E-state index in [1.54, 1.807) is 132 Å². The van der Waals surface area contributed by atoms with Crippen LogP contribution in [0.3, 0.4) is 0 Å². The summed E-state index contributed by atoms with van der Waals surface area (Å²) in [7, 11) is -8.71. The van der Waals surface area contributed by atoms with Crippen LogP contribution in [0.4, 0.5) is 0 Å². The molecule has 19 nitrogen and oxygen atoms in total. The number of hydrogen-bond donors (Lipinski definition) is 1. The number of benzene rings is 9. The van der Waals surface area contributed by atoms with Gasteiger partial charge in [-0.05, 0) is 89.2 Å². The molecule has 9 aromatic carbocycles. The Bertz CT molecular complexity index is 3860. The van der Waals surface area contributed by atoms with Gasteiger partial charge in [-0.3, -0.25) is 24.6 Å². The smallest absolute Gasteiger partial charge is 0.419 e. The Hall–Kier alpha value is -6.84. The highest BCUT2D eigenvalue weighted by molar-refractivity contribution is 8.08. The molecule has 0 saturated carbocycles. The van der Waals surface area contributed by atoms with E-state index in [2.05, 4.69) is 0 Å². The van der Waals surface area contributed by atoms with Crippen LogP contribution in [0.1, 0.15) is 27.8 Å². The average molecular weight is 1520 g/mol. The van der Waals surface area contributed by atoms with Crippen LogP contribution in [0.15, 0.2) is 273 Å². The van der Waals surface area contributed by atoms with E-state index < -0.39 is 36.5 Å². The fourth-order valence-corrected chi connectivity index (χ4v) is 23.0. The van der Waals surface area contributed by atoms with Gasteiger partial charge in [0.25, 0.3) is 0 Å². The maximum Gasteiger partial charge on any atom is 0.451 e. The van der Waals surface area contributed by atoms with Crippen molar-refractivity contribution in [1.29, 1.82) is 0 Å². The second-order valence-corrected chi connectivity index (χ2v) is 37.2. The Morgan fingerprint density at radius 2 is 0.458 bits per heavy atom. The van der Waals surface area contributed by atoms with Crippen LogP contribution in [-0.2, 0) is 22.8 Å². The predicted molar refractivity (Wildman–Crippen MR) is 405 cm³/mol. The molecule has 0 bridgehead atoms. The number of nitrogens with zero attached hydrogens (tertiary/aromatic N) is 9. The second-order valence-electron chi connectivity index (χ2n) is 20.4. The highest BCUT2D eigenvalue weighted by Gasteiger charge is 2.76. The molecule has 2 aliphatic rings. The van der Waals surface area contributed by atoms with Crippen LogP contribution in [-0.4, -0.2) is 110 Å². The highest BCUT2D eigenvalue weighted by atomic mass is 35.9. The lowest BCUT2D eigenvalue weighted by atomic mass is 10.2. The van der Waals surface area contributed by atoms with Crippen molar-refractivity contribution >= 4 is 145 Å². The molecule has 2 aliphatic heterocycles. The molecule has 2 fully saturated rings. The molecular formula is C65H65Cl2N10O9P5S5. The number of rotatable bonds is 17. The molecule has 0 aliphatic carbocycles. The van der Waals surface area contributed by atoms with E-state index in [0.717, 1.165) is 23.8 Å². The molecule has 9 aromatic rings. The molecule has 96 heavy (non-hydrogen) atoms. The Labute approximate surface area is 596 Å². The molecule has 2 saturated heterocycles. The average Bonchev–Trinajstić information content (AvgIpc) is 0.688. The molecular weight excluding hydrogens is 1450 g/mol. The van der Waals surface area contributed by atoms with Crippen molar-refractivity contribution in [3.8, 4) is 23.0 Å². The van der Waals surface area contributed by atoms with Crippen LogP contribution < -0.4 is 23.9 Å². The number of hydrogen-bond acceptors (Lipinski definition) is 15. The zero-order valence-corrected chi connectivity index (χ0v) is 62.4. The van der Waals surface area contributed by atoms with Gasteiger partial charge in [-0.15, -0.1) is 0 Å². The summed E-state index contributed by atoms with van der Waals surface area (Å²) < 4.78 is 99.0. The fourth-order valence-electron chi connectivity index (χ4n) is 9.10. The first-order valence-corrected chi connectivity index (χ1v) is 40.9. The van der Waals surface area contributed by atoms with E-state index in [9.17, 15) is 4.57 Å². The Balaban J connectivity index is 0.000000200. The zero-order chi connectivity index (χ0) is 69.4. The van der Waals surface area contributed by atoms with Crippen molar-refractivity contribution < 1.29 is 40.9 Å². The van der Waals surface area contributed by atoms with Gasteiger partial charge in [0, 0.05) is 69.7 Å².